The molecule has 2 aromatic carbocycles. The second-order valence-corrected chi connectivity index (χ2v) is 6.80. The van der Waals surface area contributed by atoms with E-state index < -0.39 is 0 Å². The SMILES string of the molecule is O=C(Cc1ccc(F)cc1)Nc1nc(-c2ccc3c(c2)NC(=O)CO3)cs1. The van der Waals surface area contributed by atoms with E-state index in [1.165, 1.54) is 23.5 Å². The van der Waals surface area contributed by atoms with Crippen LogP contribution in [0.4, 0.5) is 15.2 Å². The van der Waals surface area contributed by atoms with Crippen molar-refractivity contribution in [3.05, 3.63) is 59.2 Å². The number of anilines is 2. The summed E-state index contributed by atoms with van der Waals surface area (Å²) in [4.78, 5) is 28.0. The number of hydrogen-bond acceptors (Lipinski definition) is 5. The topological polar surface area (TPSA) is 80.3 Å². The Morgan fingerprint density at radius 1 is 1.26 bits per heavy atom. The Bertz CT molecular complexity index is 1020. The second kappa shape index (κ2) is 7.16. The van der Waals surface area contributed by atoms with E-state index in [1.54, 1.807) is 24.3 Å². The quantitative estimate of drug-likeness (QED) is 0.723. The summed E-state index contributed by atoms with van der Waals surface area (Å²) in [5.41, 5.74) is 2.80. The van der Waals surface area contributed by atoms with E-state index in [4.69, 9.17) is 4.74 Å². The molecule has 27 heavy (non-hydrogen) atoms. The van der Waals surface area contributed by atoms with Gasteiger partial charge >= 0.3 is 0 Å². The molecule has 1 aromatic heterocycles. The molecule has 0 bridgehead atoms. The van der Waals surface area contributed by atoms with Crippen molar-refractivity contribution < 1.29 is 18.7 Å². The molecule has 6 nitrogen and oxygen atoms in total. The molecular weight excluding hydrogens is 369 g/mol. The Kier molecular flexibility index (Phi) is 4.55. The number of benzene rings is 2. The lowest BCUT2D eigenvalue weighted by molar-refractivity contribution is -0.118. The van der Waals surface area contributed by atoms with Crippen LogP contribution < -0.4 is 15.4 Å². The van der Waals surface area contributed by atoms with E-state index >= 15 is 0 Å². The molecule has 0 saturated carbocycles. The maximum atomic E-state index is 12.9. The maximum Gasteiger partial charge on any atom is 0.262 e. The standard InChI is InChI=1S/C19H14FN3O3S/c20-13-4-1-11(2-5-13)7-17(24)23-19-22-15(10-27-19)12-3-6-16-14(8-12)21-18(25)9-26-16/h1-6,8,10H,7,9H2,(H,21,25)(H,22,23,24). The van der Waals surface area contributed by atoms with E-state index in [9.17, 15) is 14.0 Å². The molecule has 0 fully saturated rings. The van der Waals surface area contributed by atoms with Gasteiger partial charge in [-0.2, -0.15) is 0 Å². The Balaban J connectivity index is 1.45. The molecule has 8 heteroatoms. The van der Waals surface area contributed by atoms with Crippen LogP contribution in [0, 0.1) is 5.82 Å². The van der Waals surface area contributed by atoms with Crippen LogP contribution in [0.15, 0.2) is 47.8 Å². The first-order valence-electron chi connectivity index (χ1n) is 8.14. The molecule has 0 aliphatic carbocycles. The van der Waals surface area contributed by atoms with E-state index in [1.807, 2.05) is 11.4 Å². The molecule has 0 saturated heterocycles. The number of amides is 2. The van der Waals surface area contributed by atoms with Crippen molar-refractivity contribution in [1.29, 1.82) is 0 Å². The zero-order valence-electron chi connectivity index (χ0n) is 14.0. The summed E-state index contributed by atoms with van der Waals surface area (Å²) in [6, 6.07) is 11.2. The van der Waals surface area contributed by atoms with Crippen LogP contribution in [0.25, 0.3) is 11.3 Å². The van der Waals surface area contributed by atoms with E-state index in [0.29, 0.717) is 22.3 Å². The number of nitrogens with zero attached hydrogens (tertiary/aromatic N) is 1. The Morgan fingerprint density at radius 2 is 2.07 bits per heavy atom. The molecule has 1 aliphatic heterocycles. The number of aromatic nitrogens is 1. The lowest BCUT2D eigenvalue weighted by atomic mass is 10.1. The fourth-order valence-corrected chi connectivity index (χ4v) is 3.39. The normalized spacial score (nSPS) is 12.7. The maximum absolute atomic E-state index is 12.9. The minimum Gasteiger partial charge on any atom is -0.482 e. The summed E-state index contributed by atoms with van der Waals surface area (Å²) in [5.74, 6) is -0.156. The fraction of sp³-hybridized carbons (Fsp3) is 0.105. The van der Waals surface area contributed by atoms with Crippen molar-refractivity contribution in [3.8, 4) is 17.0 Å². The highest BCUT2D eigenvalue weighted by Gasteiger charge is 2.17. The highest BCUT2D eigenvalue weighted by molar-refractivity contribution is 7.14. The van der Waals surface area contributed by atoms with Gasteiger partial charge in [-0.1, -0.05) is 12.1 Å². The first-order valence-corrected chi connectivity index (χ1v) is 9.02. The highest BCUT2D eigenvalue weighted by Crippen LogP contribution is 2.33. The third kappa shape index (κ3) is 3.95. The second-order valence-electron chi connectivity index (χ2n) is 5.94. The van der Waals surface area contributed by atoms with E-state index in [0.717, 1.165) is 11.1 Å². The van der Waals surface area contributed by atoms with Crippen molar-refractivity contribution >= 4 is 34.0 Å². The van der Waals surface area contributed by atoms with Gasteiger partial charge in [0.15, 0.2) is 11.7 Å². The van der Waals surface area contributed by atoms with Gasteiger partial charge in [0, 0.05) is 10.9 Å². The van der Waals surface area contributed by atoms with Gasteiger partial charge in [0.2, 0.25) is 5.91 Å². The molecule has 2 heterocycles. The van der Waals surface area contributed by atoms with Crippen LogP contribution in [0.1, 0.15) is 5.56 Å². The average molecular weight is 383 g/mol. The number of carbonyl (C=O) groups is 2. The van der Waals surface area contributed by atoms with Crippen LogP contribution in [-0.2, 0) is 16.0 Å². The summed E-state index contributed by atoms with van der Waals surface area (Å²) in [5, 5.41) is 7.79. The molecular formula is C19H14FN3O3S. The molecule has 1 aliphatic rings. The van der Waals surface area contributed by atoms with Gasteiger partial charge in [0.1, 0.15) is 11.6 Å². The molecule has 0 atom stereocenters. The molecule has 136 valence electrons. The summed E-state index contributed by atoms with van der Waals surface area (Å²) >= 11 is 1.30. The molecule has 3 aromatic rings. The first-order chi connectivity index (χ1) is 13.1. The van der Waals surface area contributed by atoms with Gasteiger partial charge in [-0.25, -0.2) is 9.37 Å². The van der Waals surface area contributed by atoms with E-state index in [-0.39, 0.29) is 30.7 Å². The molecule has 0 spiro atoms. The number of halogens is 1. The van der Waals surface area contributed by atoms with Crippen molar-refractivity contribution in [2.75, 3.05) is 17.2 Å². The molecule has 4 rings (SSSR count). The van der Waals surface area contributed by atoms with Crippen LogP contribution in [0.2, 0.25) is 0 Å². The van der Waals surface area contributed by atoms with Crippen molar-refractivity contribution in [2.24, 2.45) is 0 Å². The monoisotopic (exact) mass is 383 g/mol. The first kappa shape index (κ1) is 17.2. The Labute approximate surface area is 158 Å². The number of rotatable bonds is 4. The third-order valence-electron chi connectivity index (χ3n) is 3.94. The number of ether oxygens (including phenoxy) is 1. The van der Waals surface area contributed by atoms with Crippen molar-refractivity contribution in [3.63, 3.8) is 0 Å². The van der Waals surface area contributed by atoms with Crippen LogP contribution >= 0.6 is 11.3 Å². The average Bonchev–Trinajstić information content (AvgIpc) is 3.11. The zero-order valence-corrected chi connectivity index (χ0v) is 14.8. The summed E-state index contributed by atoms with van der Waals surface area (Å²) in [7, 11) is 0. The minimum absolute atomic E-state index is 0.00723. The predicted molar refractivity (Wildman–Crippen MR) is 100 cm³/mol. The lowest BCUT2D eigenvalue weighted by Crippen LogP contribution is -2.25. The fourth-order valence-electron chi connectivity index (χ4n) is 2.66. The third-order valence-corrected chi connectivity index (χ3v) is 4.69. The van der Waals surface area contributed by atoms with Crippen molar-refractivity contribution in [1.82, 2.24) is 4.98 Å². The van der Waals surface area contributed by atoms with Gasteiger partial charge in [-0.3, -0.25) is 9.59 Å². The lowest BCUT2D eigenvalue weighted by Gasteiger charge is -2.18. The van der Waals surface area contributed by atoms with Crippen molar-refractivity contribution in [2.45, 2.75) is 6.42 Å². The summed E-state index contributed by atoms with van der Waals surface area (Å²) in [6.07, 6.45) is 0.136. The van der Waals surface area contributed by atoms with Gasteiger partial charge in [-0.15, -0.1) is 11.3 Å². The smallest absolute Gasteiger partial charge is 0.262 e. The Hall–Kier alpha value is -3.26. The van der Waals surface area contributed by atoms with Gasteiger partial charge in [-0.05, 0) is 35.9 Å². The van der Waals surface area contributed by atoms with Crippen LogP contribution in [0.5, 0.6) is 5.75 Å². The number of nitrogens with one attached hydrogen (secondary N) is 2. The van der Waals surface area contributed by atoms with Crippen LogP contribution in [0.3, 0.4) is 0 Å². The zero-order chi connectivity index (χ0) is 18.8. The number of carbonyl (C=O) groups excluding carboxylic acids is 2. The predicted octanol–water partition coefficient (Wildman–Crippen LogP) is 3.46. The Morgan fingerprint density at radius 3 is 2.89 bits per heavy atom. The molecule has 2 N–H and O–H groups in total. The molecule has 0 unspecified atom stereocenters. The van der Waals surface area contributed by atoms with Gasteiger partial charge < -0.3 is 15.4 Å². The van der Waals surface area contributed by atoms with Gasteiger partial charge in [0.05, 0.1) is 17.8 Å². The summed E-state index contributed by atoms with van der Waals surface area (Å²) in [6.45, 7) is 0.00723. The molecule has 2 amide bonds. The largest absolute Gasteiger partial charge is 0.482 e. The number of thiazole rings is 1. The minimum atomic E-state index is -0.338. The summed E-state index contributed by atoms with van der Waals surface area (Å²) < 4.78 is 18.3. The number of hydrogen-bond donors (Lipinski definition) is 2. The van der Waals surface area contributed by atoms with E-state index in [2.05, 4.69) is 15.6 Å². The highest BCUT2D eigenvalue weighted by atomic mass is 32.1. The molecule has 0 radical (unpaired) electrons. The van der Waals surface area contributed by atoms with Gasteiger partial charge in [0.25, 0.3) is 5.91 Å². The number of fused-ring (bicyclic) bond motifs is 1. The van der Waals surface area contributed by atoms with Crippen LogP contribution in [-0.4, -0.2) is 23.4 Å².